The van der Waals surface area contributed by atoms with Crippen molar-refractivity contribution in [2.45, 2.75) is 6.61 Å². The van der Waals surface area contributed by atoms with Gasteiger partial charge in [-0.1, -0.05) is 12.1 Å². The van der Waals surface area contributed by atoms with Crippen molar-refractivity contribution in [3.05, 3.63) is 29.8 Å². The zero-order valence-electron chi connectivity index (χ0n) is 7.99. The maximum absolute atomic E-state index is 10.3. The number of rotatable bonds is 5. The molecule has 0 aliphatic heterocycles. The van der Waals surface area contributed by atoms with Crippen molar-refractivity contribution in [3.8, 4) is 0 Å². The van der Waals surface area contributed by atoms with Crippen LogP contribution in [0.4, 0.5) is 5.69 Å². The molecule has 0 saturated heterocycles. The number of nitrogens with one attached hydrogen (secondary N) is 1. The maximum Gasteiger partial charge on any atom is 0.322 e. The fourth-order valence-electron chi connectivity index (χ4n) is 1.12. The molecule has 0 heterocycles. The van der Waals surface area contributed by atoms with Crippen LogP contribution in [0.2, 0.25) is 0 Å². The van der Waals surface area contributed by atoms with E-state index in [1.54, 1.807) is 7.11 Å². The summed E-state index contributed by atoms with van der Waals surface area (Å²) in [5, 5.41) is 11.2. The van der Waals surface area contributed by atoms with Gasteiger partial charge in [0.25, 0.3) is 0 Å². The van der Waals surface area contributed by atoms with Gasteiger partial charge in [-0.05, 0) is 17.7 Å². The number of hydrogen-bond acceptors (Lipinski definition) is 3. The van der Waals surface area contributed by atoms with Crippen LogP contribution >= 0.6 is 0 Å². The Hall–Kier alpha value is -1.55. The van der Waals surface area contributed by atoms with Crippen molar-refractivity contribution in [3.63, 3.8) is 0 Å². The Morgan fingerprint density at radius 1 is 1.57 bits per heavy atom. The van der Waals surface area contributed by atoms with E-state index in [9.17, 15) is 4.79 Å². The summed E-state index contributed by atoms with van der Waals surface area (Å²) in [5.41, 5.74) is 1.81. The van der Waals surface area contributed by atoms with E-state index in [0.29, 0.717) is 6.61 Å². The highest BCUT2D eigenvalue weighted by Crippen LogP contribution is 2.10. The Morgan fingerprint density at radius 3 is 3.00 bits per heavy atom. The Balaban J connectivity index is 2.58. The lowest BCUT2D eigenvalue weighted by atomic mass is 10.2. The number of carboxylic acid groups (broad SMARTS) is 1. The zero-order chi connectivity index (χ0) is 10.4. The molecule has 0 amide bonds. The summed E-state index contributed by atoms with van der Waals surface area (Å²) >= 11 is 0. The van der Waals surface area contributed by atoms with Gasteiger partial charge in [0.1, 0.15) is 6.54 Å². The van der Waals surface area contributed by atoms with E-state index in [2.05, 4.69) is 5.32 Å². The molecule has 14 heavy (non-hydrogen) atoms. The highest BCUT2D eigenvalue weighted by molar-refractivity contribution is 5.72. The highest BCUT2D eigenvalue weighted by atomic mass is 16.5. The number of methoxy groups -OCH3 is 1. The molecule has 0 spiro atoms. The van der Waals surface area contributed by atoms with E-state index in [4.69, 9.17) is 9.84 Å². The molecule has 1 aromatic rings. The summed E-state index contributed by atoms with van der Waals surface area (Å²) in [6.45, 7) is 0.457. The number of ether oxygens (including phenoxy) is 1. The highest BCUT2D eigenvalue weighted by Gasteiger charge is 1.98. The third kappa shape index (κ3) is 3.45. The summed E-state index contributed by atoms with van der Waals surface area (Å²) in [6, 6.07) is 7.47. The molecule has 4 heteroatoms. The summed E-state index contributed by atoms with van der Waals surface area (Å²) in [4.78, 5) is 10.3. The molecule has 0 fully saturated rings. The van der Waals surface area contributed by atoms with E-state index in [-0.39, 0.29) is 6.54 Å². The monoisotopic (exact) mass is 195 g/mol. The van der Waals surface area contributed by atoms with E-state index in [1.165, 1.54) is 0 Å². The number of carbonyl (C=O) groups is 1. The fraction of sp³-hybridized carbons (Fsp3) is 0.300. The van der Waals surface area contributed by atoms with Gasteiger partial charge in [0, 0.05) is 12.8 Å². The second-order valence-corrected chi connectivity index (χ2v) is 2.88. The molecule has 0 aromatic heterocycles. The van der Waals surface area contributed by atoms with Crippen LogP contribution in [0.25, 0.3) is 0 Å². The standard InChI is InChI=1S/C10H13NO3/c1-14-7-8-3-2-4-9(5-8)11-6-10(12)13/h2-5,11H,6-7H2,1H3,(H,12,13). The molecule has 0 saturated carbocycles. The summed E-state index contributed by atoms with van der Waals surface area (Å²) < 4.78 is 4.96. The first-order chi connectivity index (χ1) is 6.72. The molecular weight excluding hydrogens is 182 g/mol. The van der Waals surface area contributed by atoms with Crippen LogP contribution in [0.3, 0.4) is 0 Å². The molecule has 0 bridgehead atoms. The summed E-state index contributed by atoms with van der Waals surface area (Å²) in [6.07, 6.45) is 0. The van der Waals surface area contributed by atoms with Crippen molar-refractivity contribution < 1.29 is 14.6 Å². The molecule has 0 aliphatic rings. The van der Waals surface area contributed by atoms with E-state index < -0.39 is 5.97 Å². The van der Waals surface area contributed by atoms with Gasteiger partial charge >= 0.3 is 5.97 Å². The summed E-state index contributed by atoms with van der Waals surface area (Å²) in [5.74, 6) is -0.873. The molecular formula is C10H13NO3. The van der Waals surface area contributed by atoms with Crippen molar-refractivity contribution in [1.29, 1.82) is 0 Å². The van der Waals surface area contributed by atoms with E-state index in [0.717, 1.165) is 11.3 Å². The van der Waals surface area contributed by atoms with Crippen molar-refractivity contribution in [2.24, 2.45) is 0 Å². The molecule has 4 nitrogen and oxygen atoms in total. The van der Waals surface area contributed by atoms with Gasteiger partial charge in [-0.15, -0.1) is 0 Å². The number of anilines is 1. The van der Waals surface area contributed by atoms with E-state index >= 15 is 0 Å². The number of benzene rings is 1. The molecule has 1 rings (SSSR count). The Bertz CT molecular complexity index is 312. The minimum atomic E-state index is -0.873. The number of aliphatic carboxylic acids is 1. The lowest BCUT2D eigenvalue weighted by Crippen LogP contribution is -2.12. The molecule has 0 unspecified atom stereocenters. The van der Waals surface area contributed by atoms with E-state index in [1.807, 2.05) is 24.3 Å². The van der Waals surface area contributed by atoms with Crippen LogP contribution in [-0.2, 0) is 16.1 Å². The fourth-order valence-corrected chi connectivity index (χ4v) is 1.12. The third-order valence-electron chi connectivity index (χ3n) is 1.68. The SMILES string of the molecule is COCc1cccc(NCC(=O)O)c1. The number of hydrogen-bond donors (Lipinski definition) is 2. The van der Waals surface area contributed by atoms with Gasteiger partial charge in [0.2, 0.25) is 0 Å². The van der Waals surface area contributed by atoms with Gasteiger partial charge in [-0.25, -0.2) is 0 Å². The maximum atomic E-state index is 10.3. The normalized spacial score (nSPS) is 9.79. The first kappa shape index (κ1) is 10.5. The van der Waals surface area contributed by atoms with Crippen LogP contribution in [0.15, 0.2) is 24.3 Å². The van der Waals surface area contributed by atoms with Crippen LogP contribution in [0, 0.1) is 0 Å². The van der Waals surface area contributed by atoms with Gasteiger partial charge in [0.05, 0.1) is 6.61 Å². The smallest absolute Gasteiger partial charge is 0.322 e. The average molecular weight is 195 g/mol. The van der Waals surface area contributed by atoms with Gasteiger partial charge in [-0.3, -0.25) is 4.79 Å². The third-order valence-corrected chi connectivity index (χ3v) is 1.68. The molecule has 2 N–H and O–H groups in total. The molecule has 76 valence electrons. The second kappa shape index (κ2) is 5.24. The van der Waals surface area contributed by atoms with Crippen molar-refractivity contribution in [2.75, 3.05) is 19.0 Å². The Kier molecular flexibility index (Phi) is 3.94. The molecule has 0 aliphatic carbocycles. The molecule has 0 atom stereocenters. The van der Waals surface area contributed by atoms with Crippen LogP contribution in [-0.4, -0.2) is 24.7 Å². The zero-order valence-corrected chi connectivity index (χ0v) is 7.99. The lowest BCUT2D eigenvalue weighted by Gasteiger charge is -2.05. The van der Waals surface area contributed by atoms with Crippen LogP contribution < -0.4 is 5.32 Å². The summed E-state index contributed by atoms with van der Waals surface area (Å²) in [7, 11) is 1.62. The minimum absolute atomic E-state index is 0.0730. The largest absolute Gasteiger partial charge is 0.480 e. The second-order valence-electron chi connectivity index (χ2n) is 2.88. The van der Waals surface area contributed by atoms with Gasteiger partial charge < -0.3 is 15.2 Å². The van der Waals surface area contributed by atoms with Crippen LogP contribution in [0.1, 0.15) is 5.56 Å². The minimum Gasteiger partial charge on any atom is -0.480 e. The van der Waals surface area contributed by atoms with Crippen molar-refractivity contribution in [1.82, 2.24) is 0 Å². The van der Waals surface area contributed by atoms with Gasteiger partial charge in [0.15, 0.2) is 0 Å². The predicted molar refractivity (Wildman–Crippen MR) is 53.3 cm³/mol. The lowest BCUT2D eigenvalue weighted by molar-refractivity contribution is -0.134. The van der Waals surface area contributed by atoms with Gasteiger partial charge in [-0.2, -0.15) is 0 Å². The van der Waals surface area contributed by atoms with Crippen LogP contribution in [0.5, 0.6) is 0 Å². The predicted octanol–water partition coefficient (Wildman–Crippen LogP) is 1.33. The Morgan fingerprint density at radius 2 is 2.36 bits per heavy atom. The Labute approximate surface area is 82.5 Å². The topological polar surface area (TPSA) is 58.6 Å². The molecule has 1 aromatic carbocycles. The first-order valence-electron chi connectivity index (χ1n) is 4.26. The number of carboxylic acids is 1. The quantitative estimate of drug-likeness (QED) is 0.744. The molecule has 0 radical (unpaired) electrons. The van der Waals surface area contributed by atoms with Crippen molar-refractivity contribution >= 4 is 11.7 Å². The first-order valence-corrected chi connectivity index (χ1v) is 4.26. The average Bonchev–Trinajstić information content (AvgIpc) is 2.16.